The maximum Gasteiger partial charge on any atom is 0.244 e. The van der Waals surface area contributed by atoms with Crippen molar-refractivity contribution in [2.45, 2.75) is 22.8 Å². The number of sulfone groups is 1. The molecular formula is C12H18BrClN2O4S2. The van der Waals surface area contributed by atoms with E-state index in [0.29, 0.717) is 19.6 Å². The van der Waals surface area contributed by atoms with E-state index >= 15 is 0 Å². The van der Waals surface area contributed by atoms with Crippen LogP contribution in [0.3, 0.4) is 0 Å². The van der Waals surface area contributed by atoms with Crippen LogP contribution in [-0.2, 0) is 19.9 Å². The zero-order valence-electron chi connectivity index (χ0n) is 12.1. The van der Waals surface area contributed by atoms with Crippen LogP contribution in [0.5, 0.6) is 0 Å². The third kappa shape index (κ3) is 4.21. The molecule has 6 nitrogen and oxygen atoms in total. The van der Waals surface area contributed by atoms with Crippen LogP contribution in [0.25, 0.3) is 0 Å². The summed E-state index contributed by atoms with van der Waals surface area (Å²) in [5.74, 6) is 0. The Bertz CT molecular complexity index is 752. The maximum absolute atomic E-state index is 12.6. The summed E-state index contributed by atoms with van der Waals surface area (Å²) in [5, 5.41) is 3.18. The third-order valence-corrected chi connectivity index (χ3v) is 7.23. The van der Waals surface area contributed by atoms with Crippen molar-refractivity contribution in [3.05, 3.63) is 22.7 Å². The molecule has 0 aliphatic carbocycles. The monoisotopic (exact) mass is 432 g/mol. The molecule has 0 spiro atoms. The molecule has 0 amide bonds. The van der Waals surface area contributed by atoms with E-state index in [-0.39, 0.29) is 32.7 Å². The molecule has 22 heavy (non-hydrogen) atoms. The van der Waals surface area contributed by atoms with Crippen molar-refractivity contribution in [2.75, 3.05) is 25.9 Å². The summed E-state index contributed by atoms with van der Waals surface area (Å²) < 4.78 is 49.9. The number of nitrogens with zero attached hydrogens (tertiary/aromatic N) is 1. The second kappa shape index (κ2) is 7.14. The molecule has 0 radical (unpaired) electrons. The molecular weight excluding hydrogens is 416 g/mol. The van der Waals surface area contributed by atoms with Gasteiger partial charge in [0.15, 0.2) is 9.84 Å². The van der Waals surface area contributed by atoms with Crippen molar-refractivity contribution in [1.29, 1.82) is 0 Å². The SMILES string of the molecule is C[C@@H]1CN(S(=O)(=O)c2ccc(S(C)(=O)=O)cc2Br)CCN1.Cl. The van der Waals surface area contributed by atoms with Crippen LogP contribution < -0.4 is 5.32 Å². The molecule has 0 aromatic heterocycles. The molecule has 126 valence electrons. The smallest absolute Gasteiger partial charge is 0.244 e. The van der Waals surface area contributed by atoms with Gasteiger partial charge in [0, 0.05) is 36.4 Å². The van der Waals surface area contributed by atoms with Crippen molar-refractivity contribution < 1.29 is 16.8 Å². The molecule has 0 unspecified atom stereocenters. The largest absolute Gasteiger partial charge is 0.312 e. The van der Waals surface area contributed by atoms with Gasteiger partial charge < -0.3 is 5.32 Å². The Morgan fingerprint density at radius 2 is 1.91 bits per heavy atom. The van der Waals surface area contributed by atoms with Gasteiger partial charge in [-0.2, -0.15) is 4.31 Å². The summed E-state index contributed by atoms with van der Waals surface area (Å²) in [7, 11) is -7.01. The Hall–Kier alpha value is -0.190. The van der Waals surface area contributed by atoms with Gasteiger partial charge >= 0.3 is 0 Å². The van der Waals surface area contributed by atoms with Crippen LogP contribution in [-0.4, -0.2) is 53.1 Å². The lowest BCUT2D eigenvalue weighted by atomic mass is 10.3. The molecule has 1 aliphatic heterocycles. The number of halogens is 2. The van der Waals surface area contributed by atoms with E-state index in [9.17, 15) is 16.8 Å². The van der Waals surface area contributed by atoms with E-state index in [1.54, 1.807) is 0 Å². The Labute approximate surface area is 145 Å². The van der Waals surface area contributed by atoms with Gasteiger partial charge in [-0.3, -0.25) is 0 Å². The van der Waals surface area contributed by atoms with E-state index in [0.717, 1.165) is 6.26 Å². The summed E-state index contributed by atoms with van der Waals surface area (Å²) in [4.78, 5) is 0.172. The predicted octanol–water partition coefficient (Wildman–Crippen LogP) is 1.26. The minimum Gasteiger partial charge on any atom is -0.312 e. The molecule has 2 rings (SSSR count). The molecule has 1 heterocycles. The highest BCUT2D eigenvalue weighted by Crippen LogP contribution is 2.28. The van der Waals surface area contributed by atoms with Crippen molar-refractivity contribution >= 4 is 48.2 Å². The molecule has 1 saturated heterocycles. The normalized spacial score (nSPS) is 20.4. The fraction of sp³-hybridized carbons (Fsp3) is 0.500. The van der Waals surface area contributed by atoms with Gasteiger partial charge in [0.25, 0.3) is 0 Å². The van der Waals surface area contributed by atoms with Gasteiger partial charge in [-0.05, 0) is 41.1 Å². The molecule has 1 aliphatic rings. The number of rotatable bonds is 3. The number of nitrogens with one attached hydrogen (secondary N) is 1. The van der Waals surface area contributed by atoms with Gasteiger partial charge in [-0.1, -0.05) is 0 Å². The van der Waals surface area contributed by atoms with Crippen LogP contribution >= 0.6 is 28.3 Å². The number of benzene rings is 1. The Morgan fingerprint density at radius 3 is 2.41 bits per heavy atom. The first kappa shape index (κ1) is 19.9. The predicted molar refractivity (Wildman–Crippen MR) is 90.7 cm³/mol. The first-order valence-corrected chi connectivity index (χ1v) is 10.5. The van der Waals surface area contributed by atoms with E-state index in [4.69, 9.17) is 0 Å². The minimum absolute atomic E-state index is 0. The van der Waals surface area contributed by atoms with Crippen molar-refractivity contribution in [2.24, 2.45) is 0 Å². The minimum atomic E-state index is -3.64. The average Bonchev–Trinajstić information content (AvgIpc) is 2.37. The number of hydrogen-bond acceptors (Lipinski definition) is 5. The highest BCUT2D eigenvalue weighted by atomic mass is 79.9. The summed E-state index contributed by atoms with van der Waals surface area (Å²) in [6, 6.07) is 4.07. The van der Waals surface area contributed by atoms with Crippen molar-refractivity contribution in [1.82, 2.24) is 9.62 Å². The fourth-order valence-electron chi connectivity index (χ4n) is 2.18. The van der Waals surface area contributed by atoms with Gasteiger partial charge in [-0.15, -0.1) is 12.4 Å². The summed E-state index contributed by atoms with van der Waals surface area (Å²) in [5.41, 5.74) is 0. The van der Waals surface area contributed by atoms with Crippen LogP contribution in [0.1, 0.15) is 6.92 Å². The molecule has 1 aromatic rings. The van der Waals surface area contributed by atoms with Gasteiger partial charge in [0.05, 0.1) is 9.79 Å². The zero-order valence-corrected chi connectivity index (χ0v) is 16.1. The number of piperazine rings is 1. The van der Waals surface area contributed by atoms with Crippen molar-refractivity contribution in [3.8, 4) is 0 Å². The van der Waals surface area contributed by atoms with Gasteiger partial charge in [0.1, 0.15) is 0 Å². The van der Waals surface area contributed by atoms with E-state index < -0.39 is 19.9 Å². The lowest BCUT2D eigenvalue weighted by molar-refractivity contribution is 0.310. The summed E-state index contributed by atoms with van der Waals surface area (Å²) in [6.07, 6.45) is 1.08. The first-order valence-electron chi connectivity index (χ1n) is 6.35. The Morgan fingerprint density at radius 1 is 1.27 bits per heavy atom. The molecule has 1 atom stereocenters. The van der Waals surface area contributed by atoms with Crippen LogP contribution in [0.2, 0.25) is 0 Å². The molecule has 10 heteroatoms. The highest BCUT2D eigenvalue weighted by molar-refractivity contribution is 9.10. The lowest BCUT2D eigenvalue weighted by Gasteiger charge is -2.31. The Kier molecular flexibility index (Phi) is 6.45. The second-order valence-electron chi connectivity index (χ2n) is 5.08. The molecule has 0 saturated carbocycles. The fourth-order valence-corrected chi connectivity index (χ4v) is 5.54. The average molecular weight is 434 g/mol. The van der Waals surface area contributed by atoms with Crippen LogP contribution in [0.4, 0.5) is 0 Å². The highest BCUT2D eigenvalue weighted by Gasteiger charge is 2.30. The standard InChI is InChI=1S/C12H17BrN2O4S2.ClH/c1-9-8-15(6-5-14-9)21(18,19)12-4-3-10(7-11(12)13)20(2,16)17;/h3-4,7,9,14H,5-6,8H2,1-2H3;1H/t9-;/m1./s1. The number of hydrogen-bond donors (Lipinski definition) is 1. The van der Waals surface area contributed by atoms with Gasteiger partial charge in [0.2, 0.25) is 10.0 Å². The van der Waals surface area contributed by atoms with E-state index in [1.165, 1.54) is 22.5 Å². The maximum atomic E-state index is 12.6. The summed E-state index contributed by atoms with van der Waals surface area (Å²) >= 11 is 3.17. The van der Waals surface area contributed by atoms with Crippen LogP contribution in [0.15, 0.2) is 32.5 Å². The van der Waals surface area contributed by atoms with Gasteiger partial charge in [-0.25, -0.2) is 16.8 Å². The van der Waals surface area contributed by atoms with Crippen molar-refractivity contribution in [3.63, 3.8) is 0 Å². The first-order chi connectivity index (χ1) is 9.62. The lowest BCUT2D eigenvalue weighted by Crippen LogP contribution is -2.51. The molecule has 1 aromatic carbocycles. The van der Waals surface area contributed by atoms with E-state index in [1.807, 2.05) is 6.92 Å². The zero-order chi connectivity index (χ0) is 15.8. The second-order valence-corrected chi connectivity index (χ2v) is 9.86. The van der Waals surface area contributed by atoms with Crippen LogP contribution in [0, 0.1) is 0 Å². The molecule has 1 N–H and O–H groups in total. The van der Waals surface area contributed by atoms with E-state index in [2.05, 4.69) is 21.2 Å². The summed E-state index contributed by atoms with van der Waals surface area (Å²) in [6.45, 7) is 3.30. The third-order valence-electron chi connectivity index (χ3n) is 3.28. The number of sulfonamides is 1. The quantitative estimate of drug-likeness (QED) is 0.776. The molecule has 0 bridgehead atoms. The molecule has 1 fully saturated rings. The topological polar surface area (TPSA) is 83.6 Å². The Balaban J connectivity index is 0.00000242.